The number of carbonyl (C=O) groups is 2. The lowest BCUT2D eigenvalue weighted by atomic mass is 10.1. The van der Waals surface area contributed by atoms with Gasteiger partial charge in [-0.3, -0.25) is 25.1 Å². The summed E-state index contributed by atoms with van der Waals surface area (Å²) in [6.45, 7) is 5.56. The Morgan fingerprint density at radius 3 is 2.39 bits per heavy atom. The molecule has 2 aromatic carbocycles. The number of carbonyl (C=O) groups excluding carboxylic acids is 2. The van der Waals surface area contributed by atoms with E-state index < -0.39 is 16.9 Å². The number of nitro groups is 1. The Morgan fingerprint density at radius 1 is 1.11 bits per heavy atom. The quantitative estimate of drug-likeness (QED) is 0.478. The van der Waals surface area contributed by atoms with Gasteiger partial charge >= 0.3 is 0 Å². The van der Waals surface area contributed by atoms with E-state index in [1.807, 2.05) is 13.8 Å². The third-order valence-corrected chi connectivity index (χ3v) is 3.95. The highest BCUT2D eigenvalue weighted by Gasteiger charge is 2.24. The second-order valence-electron chi connectivity index (χ2n) is 6.90. The number of nitrogens with zero attached hydrogens (tertiary/aromatic N) is 1. The van der Waals surface area contributed by atoms with Gasteiger partial charge in [0.25, 0.3) is 5.69 Å². The number of nitro benzene ring substituents is 1. The van der Waals surface area contributed by atoms with Crippen molar-refractivity contribution >= 4 is 23.2 Å². The summed E-state index contributed by atoms with van der Waals surface area (Å²) in [7, 11) is 0. The molecule has 0 bridgehead atoms. The van der Waals surface area contributed by atoms with Crippen LogP contribution in [0.2, 0.25) is 0 Å². The number of hydrogen-bond donors (Lipinski definition) is 3. The molecule has 0 aliphatic carbocycles. The monoisotopic (exact) mass is 384 g/mol. The highest BCUT2D eigenvalue weighted by molar-refractivity contribution is 5.97. The van der Waals surface area contributed by atoms with Crippen LogP contribution in [0.4, 0.5) is 11.4 Å². The predicted octanol–water partition coefficient (Wildman–Crippen LogP) is 3.25. The lowest BCUT2D eigenvalue weighted by molar-refractivity contribution is -0.384. The average Bonchev–Trinajstić information content (AvgIpc) is 2.63. The molecular weight excluding hydrogens is 360 g/mol. The molecule has 8 nitrogen and oxygen atoms in total. The standard InChI is InChI=1S/C20H24N4O4/c1-13(2)11-18(25)22-23-19(15-7-5-4-6-8-15)20(26)21-16-10-9-14(3)12-17(16)24(27)28/h4-10,12-13,19,23H,11H2,1-3H3,(H,21,26)(H,22,25)/t19-/m1/s1. The molecule has 2 amide bonds. The van der Waals surface area contributed by atoms with E-state index >= 15 is 0 Å². The Hall–Kier alpha value is -3.26. The van der Waals surface area contributed by atoms with Gasteiger partial charge in [0.2, 0.25) is 11.8 Å². The maximum Gasteiger partial charge on any atom is 0.293 e. The first-order valence-electron chi connectivity index (χ1n) is 8.93. The highest BCUT2D eigenvalue weighted by Crippen LogP contribution is 2.26. The maximum absolute atomic E-state index is 12.9. The van der Waals surface area contributed by atoms with Gasteiger partial charge in [-0.1, -0.05) is 50.2 Å². The lowest BCUT2D eigenvalue weighted by Gasteiger charge is -2.20. The highest BCUT2D eigenvalue weighted by atomic mass is 16.6. The van der Waals surface area contributed by atoms with Gasteiger partial charge in [0, 0.05) is 12.5 Å². The first-order valence-corrected chi connectivity index (χ1v) is 8.93. The van der Waals surface area contributed by atoms with E-state index in [1.54, 1.807) is 43.3 Å². The average molecular weight is 384 g/mol. The fourth-order valence-electron chi connectivity index (χ4n) is 2.62. The van der Waals surface area contributed by atoms with Crippen LogP contribution < -0.4 is 16.2 Å². The van der Waals surface area contributed by atoms with Gasteiger partial charge in [0.1, 0.15) is 11.7 Å². The Labute approximate surface area is 163 Å². The third-order valence-electron chi connectivity index (χ3n) is 3.95. The molecule has 1 atom stereocenters. The second-order valence-corrected chi connectivity index (χ2v) is 6.90. The SMILES string of the molecule is Cc1ccc(NC(=O)[C@H](NNC(=O)CC(C)C)c2ccccc2)c([N+](=O)[O-])c1. The van der Waals surface area contributed by atoms with Gasteiger partial charge in [-0.2, -0.15) is 0 Å². The van der Waals surface area contributed by atoms with Crippen LogP contribution in [0, 0.1) is 23.0 Å². The van der Waals surface area contributed by atoms with Gasteiger partial charge in [-0.15, -0.1) is 0 Å². The van der Waals surface area contributed by atoms with Crippen molar-refractivity contribution in [2.45, 2.75) is 33.2 Å². The molecule has 148 valence electrons. The number of rotatable bonds is 8. The zero-order valence-corrected chi connectivity index (χ0v) is 16.1. The minimum Gasteiger partial charge on any atom is -0.319 e. The Kier molecular flexibility index (Phi) is 7.22. The molecule has 0 aliphatic heterocycles. The summed E-state index contributed by atoms with van der Waals surface area (Å²) < 4.78 is 0. The number of hydrazine groups is 1. The van der Waals surface area contributed by atoms with E-state index in [0.717, 1.165) is 0 Å². The van der Waals surface area contributed by atoms with E-state index in [0.29, 0.717) is 17.5 Å². The molecule has 0 aromatic heterocycles. The number of amides is 2. The normalized spacial score (nSPS) is 11.7. The van der Waals surface area contributed by atoms with Crippen LogP contribution in [0.3, 0.4) is 0 Å². The topological polar surface area (TPSA) is 113 Å². The molecule has 0 unspecified atom stereocenters. The summed E-state index contributed by atoms with van der Waals surface area (Å²) in [6, 6.07) is 12.4. The minimum atomic E-state index is -0.918. The summed E-state index contributed by atoms with van der Waals surface area (Å²) >= 11 is 0. The number of hydrogen-bond acceptors (Lipinski definition) is 5. The first kappa shape index (κ1) is 21.0. The molecule has 28 heavy (non-hydrogen) atoms. The smallest absolute Gasteiger partial charge is 0.293 e. The van der Waals surface area contributed by atoms with Gasteiger partial charge in [-0.25, -0.2) is 5.43 Å². The molecular formula is C20H24N4O4. The molecule has 0 saturated carbocycles. The van der Waals surface area contributed by atoms with Crippen LogP contribution >= 0.6 is 0 Å². The molecule has 8 heteroatoms. The van der Waals surface area contributed by atoms with E-state index in [4.69, 9.17) is 0 Å². The molecule has 3 N–H and O–H groups in total. The summed E-state index contributed by atoms with van der Waals surface area (Å²) in [5, 5.41) is 13.9. The molecule has 2 rings (SSSR count). The largest absolute Gasteiger partial charge is 0.319 e. The Bertz CT molecular complexity index is 853. The molecule has 0 fully saturated rings. The minimum absolute atomic E-state index is 0.0943. The molecule has 0 spiro atoms. The maximum atomic E-state index is 12.9. The summed E-state index contributed by atoms with van der Waals surface area (Å²) in [4.78, 5) is 35.6. The van der Waals surface area contributed by atoms with Gasteiger partial charge in [0.05, 0.1) is 4.92 Å². The molecule has 0 heterocycles. The van der Waals surface area contributed by atoms with Crippen molar-refractivity contribution in [1.82, 2.24) is 10.9 Å². The van der Waals surface area contributed by atoms with Gasteiger partial charge < -0.3 is 5.32 Å². The van der Waals surface area contributed by atoms with Crippen LogP contribution in [0.1, 0.15) is 37.4 Å². The summed E-state index contributed by atoms with van der Waals surface area (Å²) in [5.41, 5.74) is 6.51. The van der Waals surface area contributed by atoms with Crippen LogP contribution in [0.25, 0.3) is 0 Å². The van der Waals surface area contributed by atoms with Crippen molar-refractivity contribution in [3.8, 4) is 0 Å². The predicted molar refractivity (Wildman–Crippen MR) is 106 cm³/mol. The molecule has 0 radical (unpaired) electrons. The third kappa shape index (κ3) is 5.88. The van der Waals surface area contributed by atoms with Crippen molar-refractivity contribution in [1.29, 1.82) is 0 Å². The molecule has 0 aliphatic rings. The lowest BCUT2D eigenvalue weighted by Crippen LogP contribution is -2.44. The van der Waals surface area contributed by atoms with Crippen molar-refractivity contribution in [3.05, 3.63) is 69.8 Å². The zero-order valence-electron chi connectivity index (χ0n) is 16.1. The van der Waals surface area contributed by atoms with Crippen LogP contribution in [-0.2, 0) is 9.59 Å². The summed E-state index contributed by atoms with van der Waals surface area (Å²) in [5.74, 6) is -0.603. The fraction of sp³-hybridized carbons (Fsp3) is 0.300. The van der Waals surface area contributed by atoms with Crippen molar-refractivity contribution < 1.29 is 14.5 Å². The van der Waals surface area contributed by atoms with E-state index in [1.165, 1.54) is 12.1 Å². The van der Waals surface area contributed by atoms with Gasteiger partial charge in [0.15, 0.2) is 0 Å². The Balaban J connectivity index is 2.22. The van der Waals surface area contributed by atoms with Gasteiger partial charge in [-0.05, 0) is 30.0 Å². The van der Waals surface area contributed by atoms with E-state index in [9.17, 15) is 19.7 Å². The summed E-state index contributed by atoms with van der Waals surface area (Å²) in [6.07, 6.45) is 0.305. The van der Waals surface area contributed by atoms with Crippen molar-refractivity contribution in [3.63, 3.8) is 0 Å². The van der Waals surface area contributed by atoms with Crippen molar-refractivity contribution in [2.75, 3.05) is 5.32 Å². The number of aryl methyl sites for hydroxylation is 1. The van der Waals surface area contributed by atoms with Crippen LogP contribution in [0.5, 0.6) is 0 Å². The molecule has 2 aromatic rings. The number of benzene rings is 2. The fourth-order valence-corrected chi connectivity index (χ4v) is 2.62. The molecule has 0 saturated heterocycles. The number of anilines is 1. The number of nitrogens with one attached hydrogen (secondary N) is 3. The first-order chi connectivity index (χ1) is 13.3. The van der Waals surface area contributed by atoms with Crippen LogP contribution in [0.15, 0.2) is 48.5 Å². The Morgan fingerprint density at radius 2 is 1.79 bits per heavy atom. The zero-order chi connectivity index (χ0) is 20.7. The van der Waals surface area contributed by atoms with Crippen LogP contribution in [-0.4, -0.2) is 16.7 Å². The second kappa shape index (κ2) is 9.61. The van der Waals surface area contributed by atoms with Crippen molar-refractivity contribution in [2.24, 2.45) is 5.92 Å². The van der Waals surface area contributed by atoms with E-state index in [2.05, 4.69) is 16.2 Å². The van der Waals surface area contributed by atoms with E-state index in [-0.39, 0.29) is 23.2 Å².